The number of carbonyl (C=O) groups is 3. The lowest BCUT2D eigenvalue weighted by Gasteiger charge is -2.18. The van der Waals surface area contributed by atoms with E-state index in [2.05, 4.69) is 191 Å². The zero-order valence-electron chi connectivity index (χ0n) is 49.1. The summed E-state index contributed by atoms with van der Waals surface area (Å²) in [4.78, 5) is 38.2. The quantitative estimate of drug-likeness (QED) is 0.0261. The van der Waals surface area contributed by atoms with Gasteiger partial charge in [0.25, 0.3) is 0 Å². The van der Waals surface area contributed by atoms with Crippen LogP contribution in [0.15, 0.2) is 170 Å². The summed E-state index contributed by atoms with van der Waals surface area (Å²) >= 11 is 0. The molecule has 0 spiro atoms. The lowest BCUT2D eigenvalue weighted by Crippen LogP contribution is -2.30. The third kappa shape index (κ3) is 61.5. The molecule has 0 heterocycles. The minimum absolute atomic E-state index is 0.110. The number of hydrogen-bond donors (Lipinski definition) is 0. The molecular formula is C71H110O6. The first kappa shape index (κ1) is 71.8. The molecule has 77 heavy (non-hydrogen) atoms. The minimum atomic E-state index is -0.815. The van der Waals surface area contributed by atoms with Crippen molar-refractivity contribution in [2.75, 3.05) is 13.2 Å². The Bertz CT molecular complexity index is 1790. The second-order valence-electron chi connectivity index (χ2n) is 19.5. The Morgan fingerprint density at radius 1 is 0.260 bits per heavy atom. The molecule has 0 saturated heterocycles. The molecule has 0 fully saturated rings. The van der Waals surface area contributed by atoms with E-state index in [0.717, 1.165) is 186 Å². The van der Waals surface area contributed by atoms with Crippen molar-refractivity contribution in [1.82, 2.24) is 0 Å². The monoisotopic (exact) mass is 1060 g/mol. The fourth-order valence-electron chi connectivity index (χ4n) is 7.72. The summed E-state index contributed by atoms with van der Waals surface area (Å²) in [5, 5.41) is 0. The van der Waals surface area contributed by atoms with E-state index in [4.69, 9.17) is 14.2 Å². The highest BCUT2D eigenvalue weighted by Crippen LogP contribution is 2.13. The highest BCUT2D eigenvalue weighted by molar-refractivity contribution is 5.71. The lowest BCUT2D eigenvalue weighted by molar-refractivity contribution is -0.167. The van der Waals surface area contributed by atoms with Crippen molar-refractivity contribution in [2.45, 2.75) is 245 Å². The third-order valence-electron chi connectivity index (χ3n) is 12.2. The summed E-state index contributed by atoms with van der Waals surface area (Å²) in [7, 11) is 0. The van der Waals surface area contributed by atoms with Crippen LogP contribution in [0.2, 0.25) is 0 Å². The standard InChI is InChI=1S/C71H110O6/c1-4-7-10-13-16-19-22-25-27-28-29-30-31-32-33-34-35-36-37-38-39-40-41-42-44-46-49-52-55-58-61-64-70(73)76-67-68(66-75-69(72)63-60-57-54-51-48-45-24-21-18-15-12-9-6-3)77-71(74)65-62-59-56-53-50-47-43-26-23-20-17-14-11-8-5-2/h7-12,16-21,25-27,29-30,32-33,35-36,38-39,41-43,45,48,68H,4-6,13-15,22-24,28,31,34,37,40,44,46-47,49-67H2,1-3H3/b10-7-,11-8-,12-9-,19-16-,20-17-,21-18-,27-25-,30-29-,33-32-,36-35-,39-38-,42-41-,43-26-,48-45-. The van der Waals surface area contributed by atoms with Gasteiger partial charge in [0.2, 0.25) is 0 Å². The zero-order valence-corrected chi connectivity index (χ0v) is 49.1. The smallest absolute Gasteiger partial charge is 0.306 e. The first-order valence-electron chi connectivity index (χ1n) is 30.6. The summed E-state index contributed by atoms with van der Waals surface area (Å²) in [6.45, 7) is 6.23. The number of carbonyl (C=O) groups excluding carboxylic acids is 3. The zero-order chi connectivity index (χ0) is 55.7. The highest BCUT2D eigenvalue weighted by atomic mass is 16.6. The van der Waals surface area contributed by atoms with Gasteiger partial charge in [-0.3, -0.25) is 14.4 Å². The van der Waals surface area contributed by atoms with Crippen LogP contribution in [0.1, 0.15) is 239 Å². The maximum Gasteiger partial charge on any atom is 0.306 e. The van der Waals surface area contributed by atoms with Gasteiger partial charge in [0.1, 0.15) is 13.2 Å². The lowest BCUT2D eigenvalue weighted by atomic mass is 10.1. The second-order valence-corrected chi connectivity index (χ2v) is 19.5. The Morgan fingerprint density at radius 2 is 0.468 bits per heavy atom. The summed E-state index contributed by atoms with van der Waals surface area (Å²) < 4.78 is 16.8. The Morgan fingerprint density at radius 3 is 0.740 bits per heavy atom. The van der Waals surface area contributed by atoms with Crippen molar-refractivity contribution in [3.8, 4) is 0 Å². The SMILES string of the molecule is CC/C=C\C/C=C\C/C=C\C/C=C\C/C=C\C/C=C\C/C=C\C/C=C\CCCCCCCCC(=O)OCC(COC(=O)CCCCC/C=C\C/C=C\C/C=C\CC)OC(=O)CCCCCCC/C=C\C/C=C\C/C=C\CC. The molecule has 0 N–H and O–H groups in total. The number of allylic oxidation sites excluding steroid dienone is 28. The van der Waals surface area contributed by atoms with Crippen LogP contribution in [-0.2, 0) is 28.6 Å². The molecule has 6 heteroatoms. The minimum Gasteiger partial charge on any atom is -0.462 e. The van der Waals surface area contributed by atoms with Crippen molar-refractivity contribution in [1.29, 1.82) is 0 Å². The van der Waals surface area contributed by atoms with Gasteiger partial charge < -0.3 is 14.2 Å². The molecule has 1 atom stereocenters. The predicted molar refractivity (Wildman–Crippen MR) is 334 cm³/mol. The fraction of sp³-hybridized carbons (Fsp3) is 0.563. The van der Waals surface area contributed by atoms with Crippen molar-refractivity contribution < 1.29 is 28.6 Å². The van der Waals surface area contributed by atoms with Gasteiger partial charge in [-0.25, -0.2) is 0 Å². The first-order valence-corrected chi connectivity index (χ1v) is 30.6. The van der Waals surface area contributed by atoms with Crippen LogP contribution in [-0.4, -0.2) is 37.2 Å². The van der Waals surface area contributed by atoms with Crippen LogP contribution in [0.3, 0.4) is 0 Å². The van der Waals surface area contributed by atoms with E-state index in [9.17, 15) is 14.4 Å². The van der Waals surface area contributed by atoms with Gasteiger partial charge in [-0.15, -0.1) is 0 Å². The fourth-order valence-corrected chi connectivity index (χ4v) is 7.72. The van der Waals surface area contributed by atoms with E-state index in [1.54, 1.807) is 0 Å². The van der Waals surface area contributed by atoms with Crippen LogP contribution in [0.5, 0.6) is 0 Å². The largest absolute Gasteiger partial charge is 0.462 e. The number of esters is 3. The van der Waals surface area contributed by atoms with Gasteiger partial charge in [-0.2, -0.15) is 0 Å². The van der Waals surface area contributed by atoms with Crippen LogP contribution in [0, 0.1) is 0 Å². The van der Waals surface area contributed by atoms with Crippen LogP contribution in [0.25, 0.3) is 0 Å². The number of rotatable bonds is 53. The van der Waals surface area contributed by atoms with Crippen molar-refractivity contribution in [2.24, 2.45) is 0 Å². The van der Waals surface area contributed by atoms with Gasteiger partial charge >= 0.3 is 17.9 Å². The van der Waals surface area contributed by atoms with Gasteiger partial charge in [0, 0.05) is 19.3 Å². The molecule has 0 aromatic rings. The molecule has 0 rings (SSSR count). The van der Waals surface area contributed by atoms with Crippen LogP contribution < -0.4 is 0 Å². The summed E-state index contributed by atoms with van der Waals surface area (Å²) in [5.74, 6) is -0.979. The molecule has 0 saturated carbocycles. The molecule has 0 aromatic carbocycles. The topological polar surface area (TPSA) is 78.9 Å². The van der Waals surface area contributed by atoms with E-state index in [1.807, 2.05) is 0 Å². The molecule has 430 valence electrons. The number of unbranched alkanes of at least 4 members (excludes halogenated alkanes) is 14. The molecule has 0 aliphatic carbocycles. The van der Waals surface area contributed by atoms with Gasteiger partial charge in [-0.05, 0) is 148 Å². The Hall–Kier alpha value is -5.23. The molecule has 0 bridgehead atoms. The molecule has 0 aliphatic heterocycles. The average Bonchev–Trinajstić information content (AvgIpc) is 3.43. The molecule has 0 radical (unpaired) electrons. The Labute approximate surface area is 472 Å². The van der Waals surface area contributed by atoms with Crippen molar-refractivity contribution in [3.63, 3.8) is 0 Å². The number of ether oxygens (including phenoxy) is 3. The molecule has 6 nitrogen and oxygen atoms in total. The second kappa shape index (κ2) is 63.3. The van der Waals surface area contributed by atoms with E-state index in [0.29, 0.717) is 19.3 Å². The van der Waals surface area contributed by atoms with E-state index in [-0.39, 0.29) is 31.1 Å². The van der Waals surface area contributed by atoms with Gasteiger partial charge in [0.05, 0.1) is 0 Å². The van der Waals surface area contributed by atoms with Crippen LogP contribution in [0.4, 0.5) is 0 Å². The molecule has 0 amide bonds. The predicted octanol–water partition coefficient (Wildman–Crippen LogP) is 21.1. The molecule has 1 unspecified atom stereocenters. The van der Waals surface area contributed by atoms with Crippen molar-refractivity contribution >= 4 is 17.9 Å². The summed E-state index contributed by atoms with van der Waals surface area (Å²) in [6, 6.07) is 0. The highest BCUT2D eigenvalue weighted by Gasteiger charge is 2.19. The normalized spacial score (nSPS) is 13.3. The van der Waals surface area contributed by atoms with E-state index in [1.165, 1.54) is 12.8 Å². The summed E-state index contributed by atoms with van der Waals surface area (Å²) in [5.41, 5.74) is 0. The van der Waals surface area contributed by atoms with Crippen LogP contribution >= 0.6 is 0 Å². The number of hydrogen-bond acceptors (Lipinski definition) is 6. The average molecular weight is 1060 g/mol. The summed E-state index contributed by atoms with van der Waals surface area (Å²) in [6.07, 6.45) is 93.6. The maximum atomic E-state index is 12.9. The molecule has 0 aromatic heterocycles. The Kier molecular flexibility index (Phi) is 59.0. The van der Waals surface area contributed by atoms with Gasteiger partial charge in [0.15, 0.2) is 6.10 Å². The maximum absolute atomic E-state index is 12.9. The third-order valence-corrected chi connectivity index (χ3v) is 12.2. The van der Waals surface area contributed by atoms with E-state index < -0.39 is 6.10 Å². The van der Waals surface area contributed by atoms with E-state index >= 15 is 0 Å². The van der Waals surface area contributed by atoms with Gasteiger partial charge in [-0.1, -0.05) is 242 Å². The molecular weight excluding hydrogens is 949 g/mol. The van der Waals surface area contributed by atoms with Crippen molar-refractivity contribution in [3.05, 3.63) is 170 Å². The molecule has 0 aliphatic rings. The Balaban J connectivity index is 4.37. The first-order chi connectivity index (χ1) is 38.0.